The molecule has 0 saturated carbocycles. The minimum atomic E-state index is -3.57. The number of carbonyl (C=O) groups excluding carboxylic acids is 2. The van der Waals surface area contributed by atoms with Gasteiger partial charge in [0.05, 0.1) is 10.6 Å². The first-order chi connectivity index (χ1) is 12.6. The van der Waals surface area contributed by atoms with Crippen LogP contribution in [0.2, 0.25) is 0 Å². The van der Waals surface area contributed by atoms with Crippen molar-refractivity contribution < 1.29 is 28.0 Å². The maximum atomic E-state index is 13.0. The molecule has 0 radical (unpaired) electrons. The smallest absolute Gasteiger partial charge is 0.200 e. The molecule has 0 saturated heterocycles. The SMILES string of the molecule is CC1=NOC(c2c(S(C)(=O)=O)ccc(C(=O)C3=C(O)CCCC3=O)c2C)C1. The standard InChI is InChI=1S/C19H21NO6S/c1-10-9-15(26-20-10)17-11(2)12(7-8-16(17)27(3,24)25)19(23)18-13(21)5-4-6-14(18)22/h7-8,15,21H,4-6,9H2,1-3H3. The Balaban J connectivity index is 2.16. The minimum absolute atomic E-state index is 0.0691. The van der Waals surface area contributed by atoms with Gasteiger partial charge in [0.2, 0.25) is 0 Å². The molecule has 1 heterocycles. The molecule has 7 nitrogen and oxygen atoms in total. The largest absolute Gasteiger partial charge is 0.511 e. The van der Waals surface area contributed by atoms with Crippen molar-refractivity contribution in [1.82, 2.24) is 0 Å². The van der Waals surface area contributed by atoms with Gasteiger partial charge in [0, 0.05) is 36.6 Å². The number of oxime groups is 1. The van der Waals surface area contributed by atoms with E-state index in [0.717, 1.165) is 12.0 Å². The quantitative estimate of drug-likeness (QED) is 0.624. The second kappa shape index (κ2) is 6.92. The number of hydrogen-bond donors (Lipinski definition) is 1. The highest BCUT2D eigenvalue weighted by Crippen LogP contribution is 2.37. The van der Waals surface area contributed by atoms with E-state index in [1.807, 2.05) is 0 Å². The topological polar surface area (TPSA) is 110 Å². The number of nitrogens with zero attached hydrogens (tertiary/aromatic N) is 1. The molecule has 1 unspecified atom stereocenters. The summed E-state index contributed by atoms with van der Waals surface area (Å²) in [4.78, 5) is 30.6. The lowest BCUT2D eigenvalue weighted by Crippen LogP contribution is -2.21. The van der Waals surface area contributed by atoms with Crippen molar-refractivity contribution in [2.24, 2.45) is 5.16 Å². The molecule has 0 bridgehead atoms. The first-order valence-electron chi connectivity index (χ1n) is 8.64. The predicted octanol–water partition coefficient (Wildman–Crippen LogP) is 2.98. The number of aliphatic hydroxyl groups is 1. The zero-order valence-electron chi connectivity index (χ0n) is 15.4. The number of carbonyl (C=O) groups is 2. The molecule has 3 rings (SSSR count). The van der Waals surface area contributed by atoms with Gasteiger partial charge in [-0.3, -0.25) is 9.59 Å². The molecular weight excluding hydrogens is 370 g/mol. The predicted molar refractivity (Wildman–Crippen MR) is 98.7 cm³/mol. The van der Waals surface area contributed by atoms with Gasteiger partial charge < -0.3 is 9.94 Å². The number of rotatable bonds is 4. The fourth-order valence-corrected chi connectivity index (χ4v) is 4.54. The van der Waals surface area contributed by atoms with Crippen molar-refractivity contribution >= 4 is 27.1 Å². The van der Waals surface area contributed by atoms with Crippen molar-refractivity contribution in [3.8, 4) is 0 Å². The van der Waals surface area contributed by atoms with Crippen LogP contribution in [0.5, 0.6) is 0 Å². The second-order valence-electron chi connectivity index (χ2n) is 6.97. The summed E-state index contributed by atoms with van der Waals surface area (Å²) in [6.07, 6.45) is 1.87. The van der Waals surface area contributed by atoms with Crippen molar-refractivity contribution in [3.63, 3.8) is 0 Å². The number of aliphatic hydroxyl groups excluding tert-OH is 1. The molecular formula is C19H21NO6S. The number of hydrogen-bond acceptors (Lipinski definition) is 7. The Morgan fingerprint density at radius 1 is 1.26 bits per heavy atom. The molecule has 0 fully saturated rings. The maximum absolute atomic E-state index is 13.0. The average Bonchev–Trinajstić information content (AvgIpc) is 2.99. The van der Waals surface area contributed by atoms with Crippen molar-refractivity contribution in [2.45, 2.75) is 50.5 Å². The number of sulfone groups is 1. The summed E-state index contributed by atoms with van der Waals surface area (Å²) in [7, 11) is -3.57. The van der Waals surface area contributed by atoms with Gasteiger partial charge >= 0.3 is 0 Å². The van der Waals surface area contributed by atoms with Gasteiger partial charge in [-0.05, 0) is 38.0 Å². The van der Waals surface area contributed by atoms with E-state index in [9.17, 15) is 23.1 Å². The van der Waals surface area contributed by atoms with Crippen LogP contribution >= 0.6 is 0 Å². The van der Waals surface area contributed by atoms with Gasteiger partial charge in [0.1, 0.15) is 11.3 Å². The zero-order valence-corrected chi connectivity index (χ0v) is 16.2. The minimum Gasteiger partial charge on any atom is -0.511 e. The van der Waals surface area contributed by atoms with Crippen LogP contribution in [0, 0.1) is 6.92 Å². The summed E-state index contributed by atoms with van der Waals surface area (Å²) < 4.78 is 24.5. The Kier molecular flexibility index (Phi) is 4.94. The fraction of sp³-hybridized carbons (Fsp3) is 0.421. The van der Waals surface area contributed by atoms with E-state index < -0.39 is 27.5 Å². The lowest BCUT2D eigenvalue weighted by Gasteiger charge is -2.20. The third-order valence-electron chi connectivity index (χ3n) is 4.87. The molecule has 8 heteroatoms. The first-order valence-corrected chi connectivity index (χ1v) is 10.5. The van der Waals surface area contributed by atoms with Gasteiger partial charge in [0.25, 0.3) is 0 Å². The highest BCUT2D eigenvalue weighted by Gasteiger charge is 2.33. The Morgan fingerprint density at radius 3 is 2.52 bits per heavy atom. The molecule has 1 aliphatic carbocycles. The Bertz CT molecular complexity index is 1000. The van der Waals surface area contributed by atoms with E-state index in [2.05, 4.69) is 5.16 Å². The monoisotopic (exact) mass is 391 g/mol. The lowest BCUT2D eigenvalue weighted by molar-refractivity contribution is -0.116. The molecule has 1 atom stereocenters. The Morgan fingerprint density at radius 2 is 1.96 bits per heavy atom. The summed E-state index contributed by atoms with van der Waals surface area (Å²) in [5.74, 6) is -1.19. The highest BCUT2D eigenvalue weighted by molar-refractivity contribution is 7.90. The maximum Gasteiger partial charge on any atom is 0.200 e. The van der Waals surface area contributed by atoms with Crippen LogP contribution in [-0.4, -0.2) is 37.1 Å². The van der Waals surface area contributed by atoms with Crippen LogP contribution in [0.4, 0.5) is 0 Å². The van der Waals surface area contributed by atoms with Gasteiger partial charge in [-0.2, -0.15) is 0 Å². The first kappa shape index (κ1) is 19.3. The van der Waals surface area contributed by atoms with Crippen LogP contribution in [-0.2, 0) is 19.5 Å². The summed E-state index contributed by atoms with van der Waals surface area (Å²) in [5.41, 5.74) is 1.48. The Labute approximate surface area is 157 Å². The third-order valence-corrected chi connectivity index (χ3v) is 6.02. The number of benzene rings is 1. The molecule has 1 aromatic rings. The van der Waals surface area contributed by atoms with Gasteiger partial charge in [-0.15, -0.1) is 0 Å². The summed E-state index contributed by atoms with van der Waals surface area (Å²) in [6, 6.07) is 2.75. The molecule has 1 N–H and O–H groups in total. The lowest BCUT2D eigenvalue weighted by atomic mass is 9.87. The van der Waals surface area contributed by atoms with E-state index in [4.69, 9.17) is 4.84 Å². The average molecular weight is 391 g/mol. The van der Waals surface area contributed by atoms with Crippen LogP contribution in [0.15, 0.2) is 33.5 Å². The Hall–Kier alpha value is -2.48. The van der Waals surface area contributed by atoms with E-state index in [1.165, 1.54) is 12.1 Å². The van der Waals surface area contributed by atoms with Crippen LogP contribution in [0.3, 0.4) is 0 Å². The molecule has 0 spiro atoms. The van der Waals surface area contributed by atoms with E-state index in [0.29, 0.717) is 24.0 Å². The van der Waals surface area contributed by atoms with E-state index in [-0.39, 0.29) is 34.6 Å². The molecule has 0 aromatic heterocycles. The molecule has 1 aliphatic heterocycles. The summed E-state index contributed by atoms with van der Waals surface area (Å²) in [6.45, 7) is 3.40. The number of allylic oxidation sites excluding steroid dienone is 2. The van der Waals surface area contributed by atoms with E-state index >= 15 is 0 Å². The number of Topliss-reactive ketones (excluding diaryl/α,β-unsaturated/α-hetero) is 2. The zero-order chi connectivity index (χ0) is 19.9. The summed E-state index contributed by atoms with van der Waals surface area (Å²) in [5, 5.41) is 13.9. The van der Waals surface area contributed by atoms with Crippen LogP contribution < -0.4 is 0 Å². The molecule has 144 valence electrons. The van der Waals surface area contributed by atoms with Crippen LogP contribution in [0.25, 0.3) is 0 Å². The van der Waals surface area contributed by atoms with Gasteiger partial charge in [-0.25, -0.2) is 8.42 Å². The summed E-state index contributed by atoms with van der Waals surface area (Å²) >= 11 is 0. The molecule has 2 aliphatic rings. The second-order valence-corrected chi connectivity index (χ2v) is 8.96. The van der Waals surface area contributed by atoms with Gasteiger partial charge in [0.15, 0.2) is 27.5 Å². The highest BCUT2D eigenvalue weighted by atomic mass is 32.2. The van der Waals surface area contributed by atoms with E-state index in [1.54, 1.807) is 13.8 Å². The number of ketones is 2. The molecule has 27 heavy (non-hydrogen) atoms. The van der Waals surface area contributed by atoms with Gasteiger partial charge in [-0.1, -0.05) is 5.16 Å². The molecule has 1 aromatic carbocycles. The normalized spacial score (nSPS) is 20.5. The molecule has 0 amide bonds. The van der Waals surface area contributed by atoms with Crippen molar-refractivity contribution in [3.05, 3.63) is 40.2 Å². The van der Waals surface area contributed by atoms with Crippen molar-refractivity contribution in [1.29, 1.82) is 0 Å². The van der Waals surface area contributed by atoms with Crippen molar-refractivity contribution in [2.75, 3.05) is 6.26 Å². The van der Waals surface area contributed by atoms with Crippen LogP contribution in [0.1, 0.15) is 60.2 Å². The third kappa shape index (κ3) is 3.53. The fourth-order valence-electron chi connectivity index (χ4n) is 3.54.